The molecule has 0 atom stereocenters. The Hall–Kier alpha value is -3.51. The van der Waals surface area contributed by atoms with Crippen molar-refractivity contribution in [3.05, 3.63) is 64.0 Å². The van der Waals surface area contributed by atoms with E-state index in [1.54, 1.807) is 12.1 Å². The van der Waals surface area contributed by atoms with E-state index in [4.69, 9.17) is 10.6 Å². The van der Waals surface area contributed by atoms with E-state index in [-0.39, 0.29) is 22.5 Å². The van der Waals surface area contributed by atoms with Gasteiger partial charge in [0, 0.05) is 21.8 Å². The Labute approximate surface area is 124 Å². The fraction of sp³-hybridized carbons (Fsp3) is 0. The summed E-state index contributed by atoms with van der Waals surface area (Å²) in [6, 6.07) is 9.70. The van der Waals surface area contributed by atoms with Gasteiger partial charge in [-0.25, -0.2) is 4.79 Å². The van der Waals surface area contributed by atoms with Crippen LogP contribution in [0.25, 0.3) is 10.4 Å². The van der Waals surface area contributed by atoms with E-state index < -0.39 is 17.6 Å². The normalized spacial score (nSPS) is 9.64. The average Bonchev–Trinajstić information content (AvgIpc) is 2.49. The lowest BCUT2D eigenvalue weighted by Crippen LogP contribution is -2.12. The predicted octanol–water partition coefficient (Wildman–Crippen LogP) is 3.28. The third-order valence-corrected chi connectivity index (χ3v) is 2.75. The topological polar surface area (TPSA) is 135 Å². The molecule has 110 valence electrons. The number of carbonyl (C=O) groups is 2. The molecule has 0 aliphatic carbocycles. The van der Waals surface area contributed by atoms with Gasteiger partial charge in [0.25, 0.3) is 5.91 Å². The van der Waals surface area contributed by atoms with Gasteiger partial charge >= 0.3 is 5.97 Å². The van der Waals surface area contributed by atoms with Crippen molar-refractivity contribution in [1.82, 2.24) is 0 Å². The third kappa shape index (κ3) is 3.33. The maximum Gasteiger partial charge on any atom is 0.339 e. The van der Waals surface area contributed by atoms with Gasteiger partial charge in [-0.2, -0.15) is 0 Å². The van der Waals surface area contributed by atoms with Crippen LogP contribution < -0.4 is 5.32 Å². The van der Waals surface area contributed by atoms with Gasteiger partial charge in [0.1, 0.15) is 11.3 Å². The number of nitrogens with one attached hydrogen (secondary N) is 1. The van der Waals surface area contributed by atoms with E-state index >= 15 is 0 Å². The number of carboxylic acid groups (broad SMARTS) is 1. The maximum atomic E-state index is 12.1. The maximum absolute atomic E-state index is 12.1. The van der Waals surface area contributed by atoms with Crippen LogP contribution in [0.5, 0.6) is 5.75 Å². The van der Waals surface area contributed by atoms with E-state index in [0.29, 0.717) is 0 Å². The lowest BCUT2D eigenvalue weighted by atomic mass is 10.1. The number of aromatic hydroxyl groups is 1. The fourth-order valence-electron chi connectivity index (χ4n) is 1.75. The number of nitrogens with zero attached hydrogens (tertiary/aromatic N) is 3. The molecule has 2 aromatic carbocycles. The molecule has 0 saturated carbocycles. The molecule has 0 aromatic heterocycles. The largest absolute Gasteiger partial charge is 0.507 e. The lowest BCUT2D eigenvalue weighted by molar-refractivity contribution is 0.0693. The number of hydrogen-bond acceptors (Lipinski definition) is 4. The molecular formula is C14H10N4O4. The predicted molar refractivity (Wildman–Crippen MR) is 78.3 cm³/mol. The van der Waals surface area contributed by atoms with Crippen molar-refractivity contribution in [2.24, 2.45) is 5.11 Å². The van der Waals surface area contributed by atoms with Crippen LogP contribution in [0.15, 0.2) is 47.6 Å². The smallest absolute Gasteiger partial charge is 0.339 e. The van der Waals surface area contributed by atoms with Crippen LogP contribution in [0.4, 0.5) is 11.4 Å². The molecule has 0 saturated heterocycles. The molecular weight excluding hydrogens is 288 g/mol. The summed E-state index contributed by atoms with van der Waals surface area (Å²) in [5, 5.41) is 24.2. The van der Waals surface area contributed by atoms with Gasteiger partial charge in [-0.1, -0.05) is 17.2 Å². The van der Waals surface area contributed by atoms with Crippen LogP contribution in [0.3, 0.4) is 0 Å². The Morgan fingerprint density at radius 3 is 2.64 bits per heavy atom. The summed E-state index contributed by atoms with van der Waals surface area (Å²) in [4.78, 5) is 25.6. The zero-order valence-electron chi connectivity index (χ0n) is 11.1. The Morgan fingerprint density at radius 2 is 1.95 bits per heavy atom. The van der Waals surface area contributed by atoms with Crippen LogP contribution in [-0.4, -0.2) is 22.1 Å². The zero-order chi connectivity index (χ0) is 16.1. The summed E-state index contributed by atoms with van der Waals surface area (Å²) in [6.07, 6.45) is 0. The van der Waals surface area contributed by atoms with Crippen LogP contribution in [0.1, 0.15) is 20.7 Å². The number of carboxylic acids is 1. The van der Waals surface area contributed by atoms with Crippen molar-refractivity contribution in [1.29, 1.82) is 0 Å². The van der Waals surface area contributed by atoms with Gasteiger partial charge in [-0.15, -0.1) is 0 Å². The van der Waals surface area contributed by atoms with Gasteiger partial charge in [0.15, 0.2) is 0 Å². The zero-order valence-corrected chi connectivity index (χ0v) is 11.1. The number of amides is 1. The Kier molecular flexibility index (Phi) is 4.26. The lowest BCUT2D eigenvalue weighted by Gasteiger charge is -2.07. The van der Waals surface area contributed by atoms with Crippen LogP contribution in [-0.2, 0) is 0 Å². The van der Waals surface area contributed by atoms with Gasteiger partial charge < -0.3 is 15.5 Å². The molecule has 2 rings (SSSR count). The number of benzene rings is 2. The highest BCUT2D eigenvalue weighted by Crippen LogP contribution is 2.22. The molecule has 0 spiro atoms. The van der Waals surface area contributed by atoms with E-state index in [9.17, 15) is 14.7 Å². The molecule has 3 N–H and O–H groups in total. The van der Waals surface area contributed by atoms with Crippen molar-refractivity contribution >= 4 is 23.3 Å². The van der Waals surface area contributed by atoms with Crippen molar-refractivity contribution in [2.75, 3.05) is 5.32 Å². The number of phenols is 1. The number of anilines is 1. The average molecular weight is 298 g/mol. The first-order valence-corrected chi connectivity index (χ1v) is 6.04. The first-order chi connectivity index (χ1) is 10.5. The molecule has 0 aliphatic rings. The van der Waals surface area contributed by atoms with Crippen LogP contribution in [0, 0.1) is 0 Å². The van der Waals surface area contributed by atoms with Gasteiger partial charge in [0.05, 0.1) is 0 Å². The number of azide groups is 1. The summed E-state index contributed by atoms with van der Waals surface area (Å²) >= 11 is 0. The molecule has 0 fully saturated rings. The molecule has 0 heterocycles. The molecule has 1 amide bonds. The van der Waals surface area contributed by atoms with Crippen molar-refractivity contribution < 1.29 is 19.8 Å². The molecule has 0 bridgehead atoms. The highest BCUT2D eigenvalue weighted by molar-refractivity contribution is 6.05. The standard InChI is InChI=1S/C14H10N4O4/c15-18-17-10-3-1-2-8(6-10)13(20)16-9-4-5-12(19)11(7-9)14(21)22/h1-7,19H,(H,16,20)(H,21,22). The third-order valence-electron chi connectivity index (χ3n) is 2.75. The minimum Gasteiger partial charge on any atom is -0.507 e. The number of hydrogen-bond donors (Lipinski definition) is 3. The van der Waals surface area contributed by atoms with Gasteiger partial charge in [0.2, 0.25) is 0 Å². The van der Waals surface area contributed by atoms with Crippen molar-refractivity contribution in [2.45, 2.75) is 0 Å². The van der Waals surface area contributed by atoms with E-state index in [2.05, 4.69) is 15.3 Å². The van der Waals surface area contributed by atoms with Crippen molar-refractivity contribution in [3.63, 3.8) is 0 Å². The molecule has 0 radical (unpaired) electrons. The molecule has 0 aliphatic heterocycles. The SMILES string of the molecule is [N-]=[N+]=Nc1cccc(C(=O)Nc2ccc(O)c(C(=O)O)c2)c1. The second-order valence-corrected chi connectivity index (χ2v) is 4.23. The minimum absolute atomic E-state index is 0.217. The molecule has 8 nitrogen and oxygen atoms in total. The Bertz CT molecular complexity index is 797. The van der Waals surface area contributed by atoms with E-state index in [0.717, 1.165) is 6.07 Å². The summed E-state index contributed by atoms with van der Waals surface area (Å²) in [5.74, 6) is -2.20. The van der Waals surface area contributed by atoms with Crippen LogP contribution >= 0.6 is 0 Å². The van der Waals surface area contributed by atoms with Gasteiger partial charge in [-0.05, 0) is 35.9 Å². The molecule has 8 heteroatoms. The monoisotopic (exact) mass is 298 g/mol. The highest BCUT2D eigenvalue weighted by atomic mass is 16.4. The van der Waals surface area contributed by atoms with E-state index in [1.807, 2.05) is 0 Å². The molecule has 22 heavy (non-hydrogen) atoms. The quantitative estimate of drug-likeness (QED) is 0.345. The highest BCUT2D eigenvalue weighted by Gasteiger charge is 2.12. The minimum atomic E-state index is -1.31. The number of carbonyl (C=O) groups excluding carboxylic acids is 1. The molecule has 0 unspecified atom stereocenters. The summed E-state index contributed by atoms with van der Waals surface area (Å²) in [5.41, 5.74) is 8.80. The van der Waals surface area contributed by atoms with E-state index in [1.165, 1.54) is 24.3 Å². The van der Waals surface area contributed by atoms with Crippen molar-refractivity contribution in [3.8, 4) is 5.75 Å². The summed E-state index contributed by atoms with van der Waals surface area (Å²) < 4.78 is 0. The first kappa shape index (κ1) is 14.9. The fourth-order valence-corrected chi connectivity index (χ4v) is 1.75. The summed E-state index contributed by atoms with van der Waals surface area (Å²) in [7, 11) is 0. The van der Waals surface area contributed by atoms with Gasteiger partial charge in [-0.3, -0.25) is 4.79 Å². The molecule has 2 aromatic rings. The number of aromatic carboxylic acids is 1. The second kappa shape index (κ2) is 6.29. The second-order valence-electron chi connectivity index (χ2n) is 4.23. The number of rotatable bonds is 4. The first-order valence-electron chi connectivity index (χ1n) is 6.04. The summed E-state index contributed by atoms with van der Waals surface area (Å²) in [6.45, 7) is 0. The Balaban J connectivity index is 2.25. The Morgan fingerprint density at radius 1 is 1.18 bits per heavy atom. The van der Waals surface area contributed by atoms with Crippen LogP contribution in [0.2, 0.25) is 0 Å².